The maximum absolute atomic E-state index is 14.3. The zero-order chi connectivity index (χ0) is 17.8. The van der Waals surface area contributed by atoms with Crippen molar-refractivity contribution in [2.24, 2.45) is 11.8 Å². The zero-order valence-electron chi connectivity index (χ0n) is 13.5. The van der Waals surface area contributed by atoms with E-state index in [1.54, 1.807) is 0 Å². The third kappa shape index (κ3) is 3.62. The Hall–Kier alpha value is -1.34. The Balaban J connectivity index is 1.48. The van der Waals surface area contributed by atoms with E-state index >= 15 is 0 Å². The van der Waals surface area contributed by atoms with Gasteiger partial charge in [-0.3, -0.25) is 4.79 Å². The maximum Gasteiger partial charge on any atom is 0.267 e. The molecule has 1 N–H and O–H groups in total. The molecule has 136 valence electrons. The Morgan fingerprint density at radius 2 is 1.92 bits per heavy atom. The summed E-state index contributed by atoms with van der Waals surface area (Å²) < 4.78 is 45.7. The molecular weight excluding hydrogens is 369 g/mol. The number of nitrogens with one attached hydrogen (secondary N) is 1. The van der Waals surface area contributed by atoms with E-state index in [1.165, 1.54) is 6.42 Å². The van der Waals surface area contributed by atoms with Gasteiger partial charge in [-0.15, -0.1) is 0 Å². The largest absolute Gasteiger partial charge is 0.489 e. The molecule has 5 nitrogen and oxygen atoms in total. The molecule has 8 heteroatoms. The van der Waals surface area contributed by atoms with Gasteiger partial charge in [0.15, 0.2) is 0 Å². The lowest BCUT2D eigenvalue weighted by Gasteiger charge is -2.23. The quantitative estimate of drug-likeness (QED) is 0.841. The van der Waals surface area contributed by atoms with Gasteiger partial charge >= 0.3 is 0 Å². The summed E-state index contributed by atoms with van der Waals surface area (Å²) in [6, 6.07) is 2.20. The minimum atomic E-state index is -3.74. The summed E-state index contributed by atoms with van der Waals surface area (Å²) in [5, 5.41) is -0.455. The number of hydrogen-bond acceptors (Lipinski definition) is 4. The second kappa shape index (κ2) is 6.13. The van der Waals surface area contributed by atoms with Crippen molar-refractivity contribution in [1.82, 2.24) is 4.72 Å². The van der Waals surface area contributed by atoms with Crippen molar-refractivity contribution in [3.05, 3.63) is 28.5 Å². The van der Waals surface area contributed by atoms with Crippen LogP contribution in [0.25, 0.3) is 0 Å². The van der Waals surface area contributed by atoms with E-state index in [0.29, 0.717) is 18.8 Å². The van der Waals surface area contributed by atoms with Crippen LogP contribution < -0.4 is 9.46 Å². The summed E-state index contributed by atoms with van der Waals surface area (Å²) >= 11 is 6.14. The van der Waals surface area contributed by atoms with Crippen molar-refractivity contribution in [2.75, 3.05) is 0 Å². The van der Waals surface area contributed by atoms with Crippen molar-refractivity contribution in [3.8, 4) is 5.75 Å². The Labute approximate surface area is 150 Å². The third-order valence-corrected chi connectivity index (χ3v) is 7.37. The highest BCUT2D eigenvalue weighted by atomic mass is 35.5. The van der Waals surface area contributed by atoms with Gasteiger partial charge < -0.3 is 4.74 Å². The van der Waals surface area contributed by atoms with Crippen molar-refractivity contribution >= 4 is 27.5 Å². The van der Waals surface area contributed by atoms with Gasteiger partial charge in [0.1, 0.15) is 11.6 Å². The minimum absolute atomic E-state index is 0.00979. The van der Waals surface area contributed by atoms with Crippen LogP contribution >= 0.6 is 11.6 Å². The first-order valence-corrected chi connectivity index (χ1v) is 10.5. The predicted molar refractivity (Wildman–Crippen MR) is 90.7 cm³/mol. The summed E-state index contributed by atoms with van der Waals surface area (Å²) in [5.41, 5.74) is -0.396. The summed E-state index contributed by atoms with van der Waals surface area (Å²) in [5.74, 6) is -0.115. The van der Waals surface area contributed by atoms with Crippen LogP contribution in [0.5, 0.6) is 5.75 Å². The summed E-state index contributed by atoms with van der Waals surface area (Å²) in [6.45, 7) is 0. The number of fused-ring (bicyclic) bond motifs is 1. The van der Waals surface area contributed by atoms with E-state index in [9.17, 15) is 17.6 Å². The first-order valence-electron chi connectivity index (χ1n) is 8.55. The van der Waals surface area contributed by atoms with E-state index < -0.39 is 32.6 Å². The first kappa shape index (κ1) is 17.1. The molecule has 3 atom stereocenters. The first-order chi connectivity index (χ1) is 11.8. The smallest absolute Gasteiger partial charge is 0.267 e. The van der Waals surface area contributed by atoms with Gasteiger partial charge in [-0.25, -0.2) is 17.5 Å². The van der Waals surface area contributed by atoms with E-state index in [4.69, 9.17) is 16.3 Å². The van der Waals surface area contributed by atoms with Crippen molar-refractivity contribution in [2.45, 2.75) is 49.9 Å². The van der Waals surface area contributed by atoms with Crippen LogP contribution in [0, 0.1) is 17.7 Å². The molecule has 0 heterocycles. The molecule has 3 saturated carbocycles. The van der Waals surface area contributed by atoms with Gasteiger partial charge in [-0.2, -0.15) is 0 Å². The summed E-state index contributed by atoms with van der Waals surface area (Å²) in [4.78, 5) is 12.1. The van der Waals surface area contributed by atoms with E-state index in [2.05, 4.69) is 0 Å². The molecule has 4 rings (SSSR count). The molecule has 1 aromatic carbocycles. The SMILES string of the molecule is O=C(NS(=O)(=O)C1CC1)c1cc(Cl)c(OC2CCC3CC3C2)cc1F. The van der Waals surface area contributed by atoms with Gasteiger partial charge in [0.2, 0.25) is 10.0 Å². The monoisotopic (exact) mass is 387 g/mol. The Bertz CT molecular complexity index is 824. The van der Waals surface area contributed by atoms with Crippen molar-refractivity contribution in [3.63, 3.8) is 0 Å². The number of amides is 1. The number of carbonyl (C=O) groups is 1. The molecule has 0 saturated heterocycles. The molecule has 0 spiro atoms. The highest BCUT2D eigenvalue weighted by Gasteiger charge is 2.43. The number of rotatable bonds is 5. The van der Waals surface area contributed by atoms with Crippen LogP contribution in [0.3, 0.4) is 0 Å². The van der Waals surface area contributed by atoms with Crippen LogP contribution in [0.15, 0.2) is 12.1 Å². The number of carbonyl (C=O) groups excluding carboxylic acids is 1. The predicted octanol–water partition coefficient (Wildman–Crippen LogP) is 3.27. The molecule has 25 heavy (non-hydrogen) atoms. The topological polar surface area (TPSA) is 72.5 Å². The Morgan fingerprint density at radius 3 is 2.60 bits per heavy atom. The number of benzene rings is 1. The summed E-state index contributed by atoms with van der Waals surface area (Å²) in [7, 11) is -3.74. The van der Waals surface area contributed by atoms with Gasteiger partial charge in [-0.1, -0.05) is 11.6 Å². The second-order valence-corrected chi connectivity index (χ2v) is 9.61. The lowest BCUT2D eigenvalue weighted by molar-refractivity contribution is 0.0977. The fourth-order valence-electron chi connectivity index (χ4n) is 3.53. The normalized spacial score (nSPS) is 28.2. The molecule has 0 aromatic heterocycles. The van der Waals surface area contributed by atoms with E-state index in [1.807, 2.05) is 4.72 Å². The highest BCUT2D eigenvalue weighted by molar-refractivity contribution is 7.91. The van der Waals surface area contributed by atoms with Crippen molar-refractivity contribution < 1.29 is 22.3 Å². The van der Waals surface area contributed by atoms with E-state index in [-0.39, 0.29) is 16.9 Å². The molecule has 3 fully saturated rings. The number of sulfonamides is 1. The lowest BCUT2D eigenvalue weighted by atomic mass is 9.98. The molecule has 0 bridgehead atoms. The maximum atomic E-state index is 14.3. The molecule has 0 radical (unpaired) electrons. The average molecular weight is 388 g/mol. The molecule has 3 aliphatic carbocycles. The molecule has 1 amide bonds. The van der Waals surface area contributed by atoms with Gasteiger partial charge in [0, 0.05) is 6.07 Å². The fraction of sp³-hybridized carbons (Fsp3) is 0.588. The number of ether oxygens (including phenoxy) is 1. The standard InChI is InChI=1S/C17H19ClFNO4S/c18-14-7-13(17(21)20-25(22,23)12-3-4-12)15(19)8-16(14)24-11-2-1-9-5-10(9)6-11/h7-12H,1-6H2,(H,20,21). The molecule has 3 unspecified atom stereocenters. The lowest BCUT2D eigenvalue weighted by Crippen LogP contribution is -2.33. The van der Waals surface area contributed by atoms with Crippen LogP contribution in [0.1, 0.15) is 48.9 Å². The van der Waals surface area contributed by atoms with Gasteiger partial charge in [-0.05, 0) is 56.4 Å². The van der Waals surface area contributed by atoms with Gasteiger partial charge in [0.25, 0.3) is 5.91 Å². The van der Waals surface area contributed by atoms with Crippen LogP contribution in [-0.4, -0.2) is 25.7 Å². The van der Waals surface area contributed by atoms with Crippen LogP contribution in [-0.2, 0) is 10.0 Å². The Morgan fingerprint density at radius 1 is 1.16 bits per heavy atom. The van der Waals surface area contributed by atoms with Crippen LogP contribution in [0.2, 0.25) is 5.02 Å². The average Bonchev–Trinajstić information content (AvgIpc) is 3.43. The Kier molecular flexibility index (Phi) is 4.19. The number of hydrogen-bond donors (Lipinski definition) is 1. The zero-order valence-corrected chi connectivity index (χ0v) is 15.1. The van der Waals surface area contributed by atoms with Crippen LogP contribution in [0.4, 0.5) is 4.39 Å². The molecule has 0 aliphatic heterocycles. The fourth-order valence-corrected chi connectivity index (χ4v) is 5.03. The second-order valence-electron chi connectivity index (χ2n) is 7.25. The highest BCUT2D eigenvalue weighted by Crippen LogP contribution is 2.50. The molecule has 3 aliphatic rings. The number of halogens is 2. The van der Waals surface area contributed by atoms with Crippen molar-refractivity contribution in [1.29, 1.82) is 0 Å². The minimum Gasteiger partial charge on any atom is -0.489 e. The van der Waals surface area contributed by atoms with E-state index in [0.717, 1.165) is 37.3 Å². The third-order valence-electron chi connectivity index (χ3n) is 5.25. The van der Waals surface area contributed by atoms with Gasteiger partial charge in [0.05, 0.1) is 21.9 Å². The molecular formula is C17H19ClFNO4S. The summed E-state index contributed by atoms with van der Waals surface area (Å²) in [6.07, 6.45) is 5.27. The molecule has 1 aromatic rings.